The Kier molecular flexibility index (Phi) is 4.61. The Hall–Kier alpha value is -2.83. The van der Waals surface area contributed by atoms with E-state index in [1.807, 2.05) is 48.9 Å². The molecule has 7 heteroatoms. The quantitative estimate of drug-likeness (QED) is 0.851. The molecule has 1 aliphatic carbocycles. The summed E-state index contributed by atoms with van der Waals surface area (Å²) in [6.45, 7) is 5.16. The molecule has 148 valence electrons. The number of para-hydroxylation sites is 1. The van der Waals surface area contributed by atoms with Crippen molar-refractivity contribution in [2.75, 3.05) is 13.1 Å². The third kappa shape index (κ3) is 3.04. The van der Waals surface area contributed by atoms with Crippen molar-refractivity contribution in [2.24, 2.45) is 11.3 Å². The number of aromatic nitrogens is 2. The number of aliphatic carboxylic acids is 1. The maximum absolute atomic E-state index is 12.7. The van der Waals surface area contributed by atoms with Gasteiger partial charge in [0.25, 0.3) is 0 Å². The van der Waals surface area contributed by atoms with Gasteiger partial charge in [-0.25, -0.2) is 9.48 Å². The van der Waals surface area contributed by atoms with Gasteiger partial charge in [0.2, 0.25) is 0 Å². The smallest absolute Gasteiger partial charge is 0.317 e. The number of hydrogen-bond acceptors (Lipinski definition) is 3. The van der Waals surface area contributed by atoms with Crippen molar-refractivity contribution in [3.05, 3.63) is 47.3 Å². The van der Waals surface area contributed by atoms with Crippen molar-refractivity contribution >= 4 is 12.0 Å². The second kappa shape index (κ2) is 6.96. The Labute approximate surface area is 164 Å². The molecule has 2 amide bonds. The molecule has 2 N–H and O–H groups in total. The highest BCUT2D eigenvalue weighted by molar-refractivity contribution is 5.80. The number of benzene rings is 1. The van der Waals surface area contributed by atoms with Crippen LogP contribution in [0.5, 0.6) is 0 Å². The van der Waals surface area contributed by atoms with Gasteiger partial charge >= 0.3 is 12.0 Å². The average Bonchev–Trinajstić information content (AvgIpc) is 3.32. The number of carbonyl (C=O) groups excluding carboxylic acids is 1. The number of urea groups is 1. The molecule has 0 unspecified atom stereocenters. The largest absolute Gasteiger partial charge is 0.481 e. The Bertz CT molecular complexity index is 922. The van der Waals surface area contributed by atoms with E-state index in [-0.39, 0.29) is 11.9 Å². The number of aryl methyl sites for hydroxylation is 2. The van der Waals surface area contributed by atoms with Crippen LogP contribution in [0, 0.1) is 25.2 Å². The fourth-order valence-corrected chi connectivity index (χ4v) is 4.82. The molecule has 2 aromatic rings. The van der Waals surface area contributed by atoms with E-state index < -0.39 is 11.4 Å². The third-order valence-corrected chi connectivity index (χ3v) is 6.24. The molecule has 1 aliphatic heterocycles. The zero-order chi connectivity index (χ0) is 19.9. The Morgan fingerprint density at radius 3 is 2.79 bits per heavy atom. The number of nitrogens with zero attached hydrogens (tertiary/aromatic N) is 3. The van der Waals surface area contributed by atoms with Crippen LogP contribution in [0.1, 0.15) is 36.2 Å². The molecule has 1 saturated carbocycles. The standard InChI is InChI=1S/C21H26N4O3/c1-14-10-15(2)25(23-14)18-8-4-3-6-16(18)11-22-20(28)24-12-17-7-5-9-21(17,13-24)19(26)27/h3-4,6,8,10,17H,5,7,9,11-13H2,1-2H3,(H,22,28)(H,26,27)/t17-,21+/m0/s1. The van der Waals surface area contributed by atoms with Crippen LogP contribution >= 0.6 is 0 Å². The molecule has 28 heavy (non-hydrogen) atoms. The molecule has 2 aliphatic rings. The van der Waals surface area contributed by atoms with Crippen molar-refractivity contribution in [1.82, 2.24) is 20.0 Å². The first-order chi connectivity index (χ1) is 13.4. The molecular formula is C21H26N4O3. The fraction of sp³-hybridized carbons (Fsp3) is 0.476. The molecule has 1 aromatic heterocycles. The minimum atomic E-state index is -0.764. The van der Waals surface area contributed by atoms with Crippen molar-refractivity contribution in [1.29, 1.82) is 0 Å². The summed E-state index contributed by atoms with van der Waals surface area (Å²) in [6.07, 6.45) is 2.48. The van der Waals surface area contributed by atoms with Crippen molar-refractivity contribution in [3.8, 4) is 5.69 Å². The van der Waals surface area contributed by atoms with E-state index in [1.165, 1.54) is 0 Å². The van der Waals surface area contributed by atoms with Crippen LogP contribution in [-0.2, 0) is 11.3 Å². The van der Waals surface area contributed by atoms with Gasteiger partial charge in [0.1, 0.15) is 0 Å². The lowest BCUT2D eigenvalue weighted by molar-refractivity contribution is -0.149. The summed E-state index contributed by atoms with van der Waals surface area (Å²) in [5.41, 5.74) is 3.13. The maximum Gasteiger partial charge on any atom is 0.317 e. The summed E-state index contributed by atoms with van der Waals surface area (Å²) < 4.78 is 1.89. The number of carboxylic acids is 1. The summed E-state index contributed by atoms with van der Waals surface area (Å²) >= 11 is 0. The number of carboxylic acid groups (broad SMARTS) is 1. The monoisotopic (exact) mass is 382 g/mol. The number of amides is 2. The molecule has 1 aromatic carbocycles. The molecule has 4 rings (SSSR count). The van der Waals surface area contributed by atoms with Crippen LogP contribution in [0.2, 0.25) is 0 Å². The van der Waals surface area contributed by atoms with E-state index in [9.17, 15) is 14.7 Å². The summed E-state index contributed by atoms with van der Waals surface area (Å²) in [7, 11) is 0. The van der Waals surface area contributed by atoms with E-state index in [0.29, 0.717) is 26.1 Å². The fourth-order valence-electron chi connectivity index (χ4n) is 4.82. The predicted octanol–water partition coefficient (Wildman–Crippen LogP) is 2.89. The molecule has 0 bridgehead atoms. The van der Waals surface area contributed by atoms with Gasteiger partial charge in [0, 0.05) is 25.3 Å². The normalized spacial score (nSPS) is 23.6. The number of nitrogens with one attached hydrogen (secondary N) is 1. The molecule has 2 atom stereocenters. The van der Waals surface area contributed by atoms with E-state index in [1.54, 1.807) is 4.90 Å². The highest BCUT2D eigenvalue weighted by Crippen LogP contribution is 2.48. The lowest BCUT2D eigenvalue weighted by atomic mass is 9.81. The molecular weight excluding hydrogens is 356 g/mol. The summed E-state index contributed by atoms with van der Waals surface area (Å²) in [5, 5.41) is 17.2. The van der Waals surface area contributed by atoms with Crippen LogP contribution in [0.25, 0.3) is 5.69 Å². The van der Waals surface area contributed by atoms with Gasteiger partial charge in [-0.1, -0.05) is 24.6 Å². The highest BCUT2D eigenvalue weighted by Gasteiger charge is 2.55. The van der Waals surface area contributed by atoms with E-state index >= 15 is 0 Å². The Morgan fingerprint density at radius 1 is 1.32 bits per heavy atom. The molecule has 7 nitrogen and oxygen atoms in total. The summed E-state index contributed by atoms with van der Waals surface area (Å²) in [6, 6.07) is 9.68. The van der Waals surface area contributed by atoms with Crippen molar-refractivity contribution in [3.63, 3.8) is 0 Å². The Morgan fingerprint density at radius 2 is 2.11 bits per heavy atom. The van der Waals surface area contributed by atoms with Crippen molar-refractivity contribution < 1.29 is 14.7 Å². The van der Waals surface area contributed by atoms with Gasteiger partial charge in [-0.3, -0.25) is 4.79 Å². The van der Waals surface area contributed by atoms with Crippen LogP contribution < -0.4 is 5.32 Å². The van der Waals surface area contributed by atoms with Crippen LogP contribution in [0.4, 0.5) is 4.79 Å². The zero-order valence-electron chi connectivity index (χ0n) is 16.3. The molecule has 2 fully saturated rings. The van der Waals surface area contributed by atoms with Gasteiger partial charge < -0.3 is 15.3 Å². The Balaban J connectivity index is 1.47. The highest BCUT2D eigenvalue weighted by atomic mass is 16.4. The van der Waals surface area contributed by atoms with Gasteiger partial charge in [-0.15, -0.1) is 0 Å². The van der Waals surface area contributed by atoms with E-state index in [4.69, 9.17) is 0 Å². The molecule has 2 heterocycles. The van der Waals surface area contributed by atoms with Gasteiger partial charge in [-0.05, 0) is 50.3 Å². The summed E-state index contributed by atoms with van der Waals surface area (Å²) in [4.78, 5) is 26.2. The zero-order valence-corrected chi connectivity index (χ0v) is 16.3. The summed E-state index contributed by atoms with van der Waals surface area (Å²) in [5.74, 6) is -0.696. The molecule has 1 saturated heterocycles. The minimum Gasteiger partial charge on any atom is -0.481 e. The lowest BCUT2D eigenvalue weighted by Crippen LogP contribution is -2.41. The third-order valence-electron chi connectivity index (χ3n) is 6.24. The van der Waals surface area contributed by atoms with Crippen LogP contribution in [0.15, 0.2) is 30.3 Å². The number of rotatable bonds is 4. The molecule has 0 spiro atoms. The second-order valence-electron chi connectivity index (χ2n) is 8.06. The lowest BCUT2D eigenvalue weighted by Gasteiger charge is -2.23. The van der Waals surface area contributed by atoms with Gasteiger partial charge in [0.05, 0.1) is 16.8 Å². The second-order valence-corrected chi connectivity index (χ2v) is 8.06. The minimum absolute atomic E-state index is 0.0673. The van der Waals surface area contributed by atoms with Gasteiger partial charge in [-0.2, -0.15) is 5.10 Å². The number of hydrogen-bond donors (Lipinski definition) is 2. The SMILES string of the molecule is Cc1cc(C)n(-c2ccccc2CNC(=O)N2C[C@@H]3CCC[C@@]3(C(=O)O)C2)n1. The first-order valence-corrected chi connectivity index (χ1v) is 9.78. The van der Waals surface area contributed by atoms with Crippen molar-refractivity contribution in [2.45, 2.75) is 39.7 Å². The number of fused-ring (bicyclic) bond motifs is 1. The average molecular weight is 382 g/mol. The van der Waals surface area contributed by atoms with Crippen LogP contribution in [0.3, 0.4) is 0 Å². The maximum atomic E-state index is 12.7. The first-order valence-electron chi connectivity index (χ1n) is 9.78. The first kappa shape index (κ1) is 18.5. The van der Waals surface area contributed by atoms with E-state index in [0.717, 1.165) is 35.5 Å². The number of carbonyl (C=O) groups is 2. The van der Waals surface area contributed by atoms with Crippen LogP contribution in [-0.4, -0.2) is 44.9 Å². The number of likely N-dealkylation sites (tertiary alicyclic amines) is 1. The van der Waals surface area contributed by atoms with E-state index in [2.05, 4.69) is 10.4 Å². The predicted molar refractivity (Wildman–Crippen MR) is 104 cm³/mol. The van der Waals surface area contributed by atoms with Gasteiger partial charge in [0.15, 0.2) is 0 Å². The molecule has 0 radical (unpaired) electrons. The topological polar surface area (TPSA) is 87.5 Å².